The quantitative estimate of drug-likeness (QED) is 0.291. The number of carboxylic acids is 1. The van der Waals surface area contributed by atoms with Crippen molar-refractivity contribution < 1.29 is 19.4 Å². The van der Waals surface area contributed by atoms with Crippen molar-refractivity contribution in [1.82, 2.24) is 0 Å². The van der Waals surface area contributed by atoms with Crippen LogP contribution >= 0.6 is 0 Å². The zero-order valence-corrected chi connectivity index (χ0v) is 10.2. The van der Waals surface area contributed by atoms with Crippen LogP contribution in [0.3, 0.4) is 0 Å². The van der Waals surface area contributed by atoms with E-state index in [9.17, 15) is 9.59 Å². The summed E-state index contributed by atoms with van der Waals surface area (Å²) in [7, 11) is 0. The summed E-state index contributed by atoms with van der Waals surface area (Å²) in [6, 6.07) is 0. The minimum absolute atomic E-state index is 0.285. The molecule has 0 radical (unpaired) electrons. The third-order valence-electron chi connectivity index (χ3n) is 2.03. The molecule has 0 bridgehead atoms. The first-order chi connectivity index (χ1) is 8.16. The number of allylic oxidation sites excluding steroid dienone is 1. The summed E-state index contributed by atoms with van der Waals surface area (Å²) in [5.41, 5.74) is 0. The van der Waals surface area contributed by atoms with Gasteiger partial charge in [-0.3, -0.25) is 0 Å². The van der Waals surface area contributed by atoms with Crippen molar-refractivity contribution >= 4 is 11.9 Å². The maximum atomic E-state index is 10.9. The number of carboxylic acid groups (broad SMARTS) is 1. The zero-order chi connectivity index (χ0) is 12.9. The number of aliphatic carboxylic acids is 1. The average Bonchev–Trinajstić information content (AvgIpc) is 2.30. The lowest BCUT2D eigenvalue weighted by Crippen LogP contribution is -2.02. The van der Waals surface area contributed by atoms with Crippen molar-refractivity contribution in [2.75, 3.05) is 6.61 Å². The molecule has 1 N–H and O–H groups in total. The summed E-state index contributed by atoms with van der Waals surface area (Å²) >= 11 is 0. The van der Waals surface area contributed by atoms with Crippen LogP contribution in [0.5, 0.6) is 0 Å². The Bertz CT molecular complexity index is 279. The Balaban J connectivity index is 3.44. The van der Waals surface area contributed by atoms with E-state index in [-0.39, 0.29) is 6.61 Å². The minimum Gasteiger partial charge on any atom is -0.478 e. The van der Waals surface area contributed by atoms with Gasteiger partial charge in [0.1, 0.15) is 0 Å². The average molecular weight is 240 g/mol. The van der Waals surface area contributed by atoms with Crippen LogP contribution in [0.15, 0.2) is 24.3 Å². The molecule has 0 aliphatic rings. The van der Waals surface area contributed by atoms with Crippen LogP contribution in [0.25, 0.3) is 0 Å². The van der Waals surface area contributed by atoms with Gasteiger partial charge < -0.3 is 9.84 Å². The Hall–Kier alpha value is -1.58. The summed E-state index contributed by atoms with van der Waals surface area (Å²) in [5, 5.41) is 8.27. The number of ether oxygens (including phenoxy) is 1. The van der Waals surface area contributed by atoms with Gasteiger partial charge in [-0.1, -0.05) is 31.9 Å². The predicted molar refractivity (Wildman–Crippen MR) is 65.6 cm³/mol. The molecule has 0 aromatic carbocycles. The van der Waals surface area contributed by atoms with Crippen molar-refractivity contribution in [2.45, 2.75) is 39.0 Å². The number of unbranched alkanes of at least 4 members (excludes halogenated alkanes) is 3. The highest BCUT2D eigenvalue weighted by atomic mass is 16.5. The van der Waals surface area contributed by atoms with Gasteiger partial charge in [-0.25, -0.2) is 9.59 Å². The molecule has 0 aliphatic carbocycles. The molecule has 0 amide bonds. The lowest BCUT2D eigenvalue weighted by molar-refractivity contribution is -0.138. The minimum atomic E-state index is -1.15. The second kappa shape index (κ2) is 10.9. The number of carbonyl (C=O) groups is 2. The third kappa shape index (κ3) is 12.4. The summed E-state index contributed by atoms with van der Waals surface area (Å²) in [4.78, 5) is 21.0. The van der Waals surface area contributed by atoms with Crippen LogP contribution in [0.1, 0.15) is 39.0 Å². The summed E-state index contributed by atoms with van der Waals surface area (Å²) < 4.78 is 4.78. The third-order valence-corrected chi connectivity index (χ3v) is 2.03. The number of rotatable bonds is 9. The first-order valence-corrected chi connectivity index (χ1v) is 5.89. The first kappa shape index (κ1) is 15.4. The van der Waals surface area contributed by atoms with Gasteiger partial charge in [-0.15, -0.1) is 0 Å². The molecule has 0 spiro atoms. The Kier molecular flexibility index (Phi) is 9.91. The lowest BCUT2D eigenvalue weighted by atomic mass is 10.2. The molecule has 0 aliphatic heterocycles. The van der Waals surface area contributed by atoms with Crippen molar-refractivity contribution in [3.63, 3.8) is 0 Å². The number of esters is 1. The molecule has 0 unspecified atom stereocenters. The van der Waals surface area contributed by atoms with Crippen LogP contribution in [0.4, 0.5) is 0 Å². The maximum absolute atomic E-state index is 10.9. The molecule has 0 atom stereocenters. The van der Waals surface area contributed by atoms with Crippen molar-refractivity contribution in [1.29, 1.82) is 0 Å². The molecular formula is C13H20O4. The van der Waals surface area contributed by atoms with E-state index >= 15 is 0 Å². The molecule has 17 heavy (non-hydrogen) atoms. The molecule has 0 saturated carbocycles. The molecule has 0 heterocycles. The summed E-state index contributed by atoms with van der Waals surface area (Å²) in [5.74, 6) is -1.77. The van der Waals surface area contributed by atoms with Gasteiger partial charge in [0.05, 0.1) is 6.61 Å². The molecule has 0 fully saturated rings. The fourth-order valence-electron chi connectivity index (χ4n) is 1.16. The SMILES string of the molecule is CCCCCC=CCCOC(=O)/C=C\C(=O)O. The van der Waals surface area contributed by atoms with E-state index in [4.69, 9.17) is 9.84 Å². The normalized spacial score (nSPS) is 11.1. The number of hydrogen-bond donors (Lipinski definition) is 1. The Morgan fingerprint density at radius 1 is 1.12 bits per heavy atom. The Morgan fingerprint density at radius 3 is 2.47 bits per heavy atom. The predicted octanol–water partition coefficient (Wildman–Crippen LogP) is 2.70. The second-order valence-electron chi connectivity index (χ2n) is 3.59. The van der Waals surface area contributed by atoms with Gasteiger partial charge >= 0.3 is 11.9 Å². The summed E-state index contributed by atoms with van der Waals surface area (Å²) in [6.07, 6.45) is 11.1. The molecule has 0 saturated heterocycles. The second-order valence-corrected chi connectivity index (χ2v) is 3.59. The Labute approximate surface area is 102 Å². The van der Waals surface area contributed by atoms with E-state index in [0.29, 0.717) is 6.42 Å². The number of hydrogen-bond acceptors (Lipinski definition) is 3. The van der Waals surface area contributed by atoms with E-state index in [2.05, 4.69) is 13.0 Å². The van der Waals surface area contributed by atoms with Crippen molar-refractivity contribution in [2.24, 2.45) is 0 Å². The molecule has 96 valence electrons. The highest BCUT2D eigenvalue weighted by Gasteiger charge is 1.96. The largest absolute Gasteiger partial charge is 0.478 e. The fourth-order valence-corrected chi connectivity index (χ4v) is 1.16. The van der Waals surface area contributed by atoms with Crippen LogP contribution < -0.4 is 0 Å². The first-order valence-electron chi connectivity index (χ1n) is 5.89. The topological polar surface area (TPSA) is 63.6 Å². The van der Waals surface area contributed by atoms with Crippen LogP contribution in [0.2, 0.25) is 0 Å². The van der Waals surface area contributed by atoms with Gasteiger partial charge in [0.15, 0.2) is 0 Å². The van der Waals surface area contributed by atoms with Crippen molar-refractivity contribution in [3.05, 3.63) is 24.3 Å². The van der Waals surface area contributed by atoms with Gasteiger partial charge in [-0.2, -0.15) is 0 Å². The highest BCUT2D eigenvalue weighted by Crippen LogP contribution is 2.00. The molecule has 0 aromatic heterocycles. The van der Waals surface area contributed by atoms with E-state index in [1.807, 2.05) is 6.08 Å². The lowest BCUT2D eigenvalue weighted by Gasteiger charge is -1.97. The van der Waals surface area contributed by atoms with Crippen LogP contribution in [-0.2, 0) is 14.3 Å². The molecule has 0 aromatic rings. The van der Waals surface area contributed by atoms with E-state index < -0.39 is 11.9 Å². The molecule has 4 heteroatoms. The van der Waals surface area contributed by atoms with Crippen molar-refractivity contribution in [3.8, 4) is 0 Å². The maximum Gasteiger partial charge on any atom is 0.331 e. The standard InChI is InChI=1S/C13H20O4/c1-2-3-4-5-6-7-8-11-17-13(16)10-9-12(14)15/h6-7,9-10H,2-5,8,11H2,1H3,(H,14,15)/b7-6?,10-9-. The van der Waals surface area contributed by atoms with Crippen LogP contribution in [0, 0.1) is 0 Å². The highest BCUT2D eigenvalue weighted by molar-refractivity contribution is 5.90. The number of carbonyl (C=O) groups excluding carboxylic acids is 1. The van der Waals surface area contributed by atoms with E-state index in [1.54, 1.807) is 0 Å². The van der Waals surface area contributed by atoms with Crippen LogP contribution in [-0.4, -0.2) is 23.7 Å². The summed E-state index contributed by atoms with van der Waals surface area (Å²) in [6.45, 7) is 2.45. The smallest absolute Gasteiger partial charge is 0.331 e. The van der Waals surface area contributed by atoms with E-state index in [1.165, 1.54) is 19.3 Å². The molecule has 4 nitrogen and oxygen atoms in total. The molecule has 0 rings (SSSR count). The zero-order valence-electron chi connectivity index (χ0n) is 10.2. The van der Waals surface area contributed by atoms with Gasteiger partial charge in [-0.05, 0) is 19.3 Å². The monoisotopic (exact) mass is 240 g/mol. The van der Waals surface area contributed by atoms with E-state index in [0.717, 1.165) is 18.6 Å². The molecular weight excluding hydrogens is 220 g/mol. The Morgan fingerprint density at radius 2 is 1.82 bits per heavy atom. The van der Waals surface area contributed by atoms with Gasteiger partial charge in [0.2, 0.25) is 0 Å². The van der Waals surface area contributed by atoms with Gasteiger partial charge in [0, 0.05) is 12.2 Å². The van der Waals surface area contributed by atoms with Gasteiger partial charge in [0.25, 0.3) is 0 Å². The fraction of sp³-hybridized carbons (Fsp3) is 0.538.